The minimum Gasteiger partial charge on any atom is -0.370 e. The Balaban J connectivity index is 2.34. The van der Waals surface area contributed by atoms with Crippen molar-refractivity contribution in [2.45, 2.75) is 44.8 Å². The number of alkyl halides is 1. The molecule has 0 spiro atoms. The van der Waals surface area contributed by atoms with Crippen molar-refractivity contribution in [2.24, 2.45) is 5.92 Å². The summed E-state index contributed by atoms with van der Waals surface area (Å²) >= 11 is 3.45. The average Bonchev–Trinajstić information content (AvgIpc) is 2.29. The maximum absolute atomic E-state index is 6.01. The molecule has 0 amide bonds. The first kappa shape index (κ1) is 14.7. The molecule has 0 aromatic rings. The van der Waals surface area contributed by atoms with Gasteiger partial charge >= 0.3 is 0 Å². The molecule has 1 rings (SSSR count). The molecule has 0 N–H and O–H groups in total. The summed E-state index contributed by atoms with van der Waals surface area (Å²) < 4.78 is 6.01. The van der Waals surface area contributed by atoms with Gasteiger partial charge in [-0.3, -0.25) is 0 Å². The molecule has 3 atom stereocenters. The zero-order valence-electron chi connectivity index (χ0n) is 10.7. The Morgan fingerprint density at radius 3 is 3.06 bits per heavy atom. The van der Waals surface area contributed by atoms with Crippen molar-refractivity contribution in [2.75, 3.05) is 5.33 Å². The van der Waals surface area contributed by atoms with Crippen LogP contribution in [-0.2, 0) is 4.74 Å². The van der Waals surface area contributed by atoms with E-state index in [1.807, 2.05) is 6.08 Å². The molecule has 2 heteroatoms. The predicted octanol–water partition coefficient (Wildman–Crippen LogP) is 4.64. The molecule has 0 radical (unpaired) electrons. The van der Waals surface area contributed by atoms with Crippen molar-refractivity contribution in [3.63, 3.8) is 0 Å². The molecule has 0 bridgehead atoms. The molecule has 0 unspecified atom stereocenters. The van der Waals surface area contributed by atoms with Crippen LogP contribution in [-0.4, -0.2) is 17.5 Å². The van der Waals surface area contributed by atoms with E-state index < -0.39 is 0 Å². The average molecular weight is 299 g/mol. The maximum Gasteiger partial charge on any atom is 0.0794 e. The van der Waals surface area contributed by atoms with Gasteiger partial charge in [0, 0.05) is 5.33 Å². The van der Waals surface area contributed by atoms with Gasteiger partial charge in [-0.1, -0.05) is 53.2 Å². The molecule has 0 saturated heterocycles. The SMILES string of the molecule is C=CC[C@@H]1C=CC[C@@H](C[C@@H](C)CC(=C)CBr)O1. The van der Waals surface area contributed by atoms with Crippen LogP contribution in [0.1, 0.15) is 32.6 Å². The predicted molar refractivity (Wildman–Crippen MR) is 78.6 cm³/mol. The molecule has 96 valence electrons. The zero-order valence-corrected chi connectivity index (χ0v) is 12.3. The molecule has 0 aromatic carbocycles. The number of rotatable bonds is 7. The molecule has 0 aliphatic carbocycles. The number of allylic oxidation sites excluding steroid dienone is 1. The standard InChI is InChI=1S/C15H23BrO/c1-4-6-14-7-5-8-15(17-14)10-12(2)9-13(3)11-16/h4-5,7,12,14-15H,1,3,6,8-11H2,2H3/t12-,14+,15-/m0/s1. The number of hydrogen-bond acceptors (Lipinski definition) is 1. The van der Waals surface area contributed by atoms with E-state index in [4.69, 9.17) is 4.74 Å². The van der Waals surface area contributed by atoms with Crippen LogP contribution < -0.4 is 0 Å². The summed E-state index contributed by atoms with van der Waals surface area (Å²) in [5, 5.41) is 0.905. The van der Waals surface area contributed by atoms with E-state index in [0.717, 1.165) is 31.0 Å². The van der Waals surface area contributed by atoms with Crippen molar-refractivity contribution in [1.29, 1.82) is 0 Å². The molecule has 0 saturated carbocycles. The molecule has 1 heterocycles. The lowest BCUT2D eigenvalue weighted by molar-refractivity contribution is -0.00414. The van der Waals surface area contributed by atoms with Crippen molar-refractivity contribution in [3.05, 3.63) is 37.0 Å². The first-order valence-electron chi connectivity index (χ1n) is 6.31. The summed E-state index contributed by atoms with van der Waals surface area (Å²) in [4.78, 5) is 0. The maximum atomic E-state index is 6.01. The minimum atomic E-state index is 0.234. The third-order valence-electron chi connectivity index (χ3n) is 3.01. The Hall–Kier alpha value is -0.340. The number of ether oxygens (including phenoxy) is 1. The van der Waals surface area contributed by atoms with Crippen molar-refractivity contribution < 1.29 is 4.74 Å². The monoisotopic (exact) mass is 298 g/mol. The largest absolute Gasteiger partial charge is 0.370 e. The van der Waals surface area contributed by atoms with Crippen LogP contribution in [0.5, 0.6) is 0 Å². The van der Waals surface area contributed by atoms with Gasteiger partial charge in [0.2, 0.25) is 0 Å². The van der Waals surface area contributed by atoms with Crippen LogP contribution in [0.3, 0.4) is 0 Å². The van der Waals surface area contributed by atoms with Crippen molar-refractivity contribution in [3.8, 4) is 0 Å². The van der Waals surface area contributed by atoms with Crippen LogP contribution >= 0.6 is 15.9 Å². The van der Waals surface area contributed by atoms with Gasteiger partial charge in [0.25, 0.3) is 0 Å². The summed E-state index contributed by atoms with van der Waals surface area (Å²) in [5.74, 6) is 0.640. The van der Waals surface area contributed by atoms with Crippen LogP contribution in [0.25, 0.3) is 0 Å². The Kier molecular flexibility index (Phi) is 6.83. The van der Waals surface area contributed by atoms with Gasteiger partial charge in [-0.25, -0.2) is 0 Å². The molecular weight excluding hydrogens is 276 g/mol. The zero-order chi connectivity index (χ0) is 12.7. The number of hydrogen-bond donors (Lipinski definition) is 0. The molecule has 1 nitrogen and oxygen atoms in total. The van der Waals surface area contributed by atoms with E-state index in [0.29, 0.717) is 12.0 Å². The fourth-order valence-corrected chi connectivity index (χ4v) is 2.49. The van der Waals surface area contributed by atoms with E-state index in [2.05, 4.69) is 48.2 Å². The highest BCUT2D eigenvalue weighted by molar-refractivity contribution is 9.09. The third-order valence-corrected chi connectivity index (χ3v) is 3.80. The molecule has 0 fully saturated rings. The van der Waals surface area contributed by atoms with E-state index in [1.165, 1.54) is 5.57 Å². The van der Waals surface area contributed by atoms with E-state index in [9.17, 15) is 0 Å². The quantitative estimate of drug-likeness (QED) is 0.491. The van der Waals surface area contributed by atoms with Crippen molar-refractivity contribution >= 4 is 15.9 Å². The normalized spacial score (nSPS) is 25.5. The molecule has 1 aliphatic heterocycles. The second-order valence-electron chi connectivity index (χ2n) is 4.91. The highest BCUT2D eigenvalue weighted by Crippen LogP contribution is 2.24. The highest BCUT2D eigenvalue weighted by Gasteiger charge is 2.19. The Morgan fingerprint density at radius 2 is 2.41 bits per heavy atom. The third kappa shape index (κ3) is 5.69. The Labute approximate surface area is 114 Å². The first-order valence-corrected chi connectivity index (χ1v) is 7.43. The van der Waals surface area contributed by atoms with E-state index in [1.54, 1.807) is 0 Å². The van der Waals surface area contributed by atoms with Gasteiger partial charge in [-0.2, -0.15) is 0 Å². The summed E-state index contributed by atoms with van der Waals surface area (Å²) in [7, 11) is 0. The summed E-state index contributed by atoms with van der Waals surface area (Å²) in [6.07, 6.45) is 11.1. The van der Waals surface area contributed by atoms with Gasteiger partial charge in [0.05, 0.1) is 12.2 Å². The topological polar surface area (TPSA) is 9.23 Å². The van der Waals surface area contributed by atoms with Crippen LogP contribution in [0.15, 0.2) is 37.0 Å². The number of halogens is 1. The Morgan fingerprint density at radius 1 is 1.65 bits per heavy atom. The van der Waals surface area contributed by atoms with Crippen LogP contribution in [0.4, 0.5) is 0 Å². The van der Waals surface area contributed by atoms with Gasteiger partial charge in [0.1, 0.15) is 0 Å². The van der Waals surface area contributed by atoms with Gasteiger partial charge in [-0.05, 0) is 31.6 Å². The summed E-state index contributed by atoms with van der Waals surface area (Å²) in [5.41, 5.74) is 1.27. The molecule has 17 heavy (non-hydrogen) atoms. The van der Waals surface area contributed by atoms with Gasteiger partial charge in [-0.15, -0.1) is 6.58 Å². The fourth-order valence-electron chi connectivity index (χ4n) is 2.26. The molecule has 1 aliphatic rings. The summed E-state index contributed by atoms with van der Waals surface area (Å²) in [6.45, 7) is 10.1. The fraction of sp³-hybridized carbons (Fsp3) is 0.600. The van der Waals surface area contributed by atoms with E-state index >= 15 is 0 Å². The second kappa shape index (κ2) is 7.88. The second-order valence-corrected chi connectivity index (χ2v) is 5.47. The van der Waals surface area contributed by atoms with Gasteiger partial charge in [0.15, 0.2) is 0 Å². The van der Waals surface area contributed by atoms with Gasteiger partial charge < -0.3 is 4.74 Å². The molecule has 0 aromatic heterocycles. The lowest BCUT2D eigenvalue weighted by atomic mass is 9.94. The molecular formula is C15H23BrO. The van der Waals surface area contributed by atoms with Crippen molar-refractivity contribution in [1.82, 2.24) is 0 Å². The lowest BCUT2D eigenvalue weighted by Gasteiger charge is -2.27. The minimum absolute atomic E-state index is 0.234. The summed E-state index contributed by atoms with van der Waals surface area (Å²) in [6, 6.07) is 0. The van der Waals surface area contributed by atoms with E-state index in [-0.39, 0.29) is 6.10 Å². The lowest BCUT2D eigenvalue weighted by Crippen LogP contribution is -2.25. The highest BCUT2D eigenvalue weighted by atomic mass is 79.9. The van der Waals surface area contributed by atoms with Crippen LogP contribution in [0, 0.1) is 5.92 Å². The first-order chi connectivity index (χ1) is 8.15. The Bertz CT molecular complexity index is 283. The van der Waals surface area contributed by atoms with Crippen LogP contribution in [0.2, 0.25) is 0 Å². The smallest absolute Gasteiger partial charge is 0.0794 e.